The van der Waals surface area contributed by atoms with Crippen LogP contribution in [0.3, 0.4) is 0 Å². The third kappa shape index (κ3) is 4.91. The van der Waals surface area contributed by atoms with Gasteiger partial charge in [0.1, 0.15) is 0 Å². The zero-order chi connectivity index (χ0) is 13.5. The lowest BCUT2D eigenvalue weighted by molar-refractivity contribution is -0.122. The van der Waals surface area contributed by atoms with E-state index in [9.17, 15) is 9.59 Å². The fourth-order valence-corrected chi connectivity index (χ4v) is 1.79. The molecular weight excluding hydrogens is 234 g/mol. The van der Waals surface area contributed by atoms with Crippen LogP contribution in [0.5, 0.6) is 0 Å². The number of nitrogens with zero attached hydrogens (tertiary/aromatic N) is 2. The van der Waals surface area contributed by atoms with Gasteiger partial charge in [0.25, 0.3) is 0 Å². The van der Waals surface area contributed by atoms with Gasteiger partial charge in [-0.25, -0.2) is 4.79 Å². The maximum absolute atomic E-state index is 11.6. The number of carbonyl (C=O) groups is 2. The molecule has 0 saturated carbocycles. The molecule has 0 aromatic rings. The van der Waals surface area contributed by atoms with Crippen LogP contribution >= 0.6 is 0 Å². The van der Waals surface area contributed by atoms with E-state index in [1.165, 1.54) is 7.11 Å². The van der Waals surface area contributed by atoms with Gasteiger partial charge in [-0.1, -0.05) is 13.8 Å². The average molecular weight is 257 g/mol. The smallest absolute Gasteiger partial charge is 0.409 e. The Morgan fingerprint density at radius 1 is 1.22 bits per heavy atom. The Morgan fingerprint density at radius 3 is 2.33 bits per heavy atom. The molecular formula is C12H23N3O3. The molecule has 2 amide bonds. The van der Waals surface area contributed by atoms with E-state index in [1.807, 2.05) is 0 Å². The molecule has 0 aliphatic carbocycles. The van der Waals surface area contributed by atoms with Gasteiger partial charge in [0.2, 0.25) is 5.91 Å². The molecule has 18 heavy (non-hydrogen) atoms. The lowest BCUT2D eigenvalue weighted by Crippen LogP contribution is -2.51. The highest BCUT2D eigenvalue weighted by Crippen LogP contribution is 2.02. The predicted molar refractivity (Wildman–Crippen MR) is 68.3 cm³/mol. The fraction of sp³-hybridized carbons (Fsp3) is 0.833. The van der Waals surface area contributed by atoms with Crippen LogP contribution in [0.15, 0.2) is 0 Å². The molecule has 1 aliphatic heterocycles. The summed E-state index contributed by atoms with van der Waals surface area (Å²) in [6, 6.07) is 0. The van der Waals surface area contributed by atoms with Crippen LogP contribution in [0.25, 0.3) is 0 Å². The van der Waals surface area contributed by atoms with E-state index in [1.54, 1.807) is 4.90 Å². The van der Waals surface area contributed by atoms with Gasteiger partial charge < -0.3 is 15.0 Å². The molecule has 1 fully saturated rings. The molecule has 1 aliphatic rings. The van der Waals surface area contributed by atoms with Crippen molar-refractivity contribution < 1.29 is 14.3 Å². The van der Waals surface area contributed by atoms with Gasteiger partial charge in [-0.2, -0.15) is 0 Å². The van der Waals surface area contributed by atoms with Crippen molar-refractivity contribution in [3.05, 3.63) is 0 Å². The molecule has 1 heterocycles. The van der Waals surface area contributed by atoms with Crippen molar-refractivity contribution in [1.29, 1.82) is 0 Å². The lowest BCUT2D eigenvalue weighted by atomic mass is 10.2. The van der Waals surface area contributed by atoms with E-state index < -0.39 is 0 Å². The van der Waals surface area contributed by atoms with Crippen LogP contribution in [0.2, 0.25) is 0 Å². The molecule has 0 atom stereocenters. The molecule has 0 radical (unpaired) electrons. The number of nitrogens with one attached hydrogen (secondary N) is 1. The first kappa shape index (κ1) is 14.8. The zero-order valence-corrected chi connectivity index (χ0v) is 11.4. The Hall–Kier alpha value is -1.30. The van der Waals surface area contributed by atoms with Crippen LogP contribution in [0.4, 0.5) is 4.79 Å². The summed E-state index contributed by atoms with van der Waals surface area (Å²) in [7, 11) is 1.38. The Labute approximate surface area is 108 Å². The summed E-state index contributed by atoms with van der Waals surface area (Å²) in [5.74, 6) is 0.514. The Morgan fingerprint density at radius 2 is 1.83 bits per heavy atom. The number of piperazine rings is 1. The second-order valence-corrected chi connectivity index (χ2v) is 4.93. The number of carbonyl (C=O) groups excluding carboxylic acids is 2. The minimum absolute atomic E-state index is 0.0511. The molecule has 0 aromatic heterocycles. The van der Waals surface area contributed by atoms with Crippen LogP contribution in [0, 0.1) is 5.92 Å². The normalized spacial score (nSPS) is 16.8. The molecule has 6 heteroatoms. The Bertz CT molecular complexity index is 286. The van der Waals surface area contributed by atoms with Gasteiger partial charge in [0, 0.05) is 32.7 Å². The van der Waals surface area contributed by atoms with Gasteiger partial charge >= 0.3 is 6.09 Å². The SMILES string of the molecule is COC(=O)N1CCN(CC(=O)NCC(C)C)CC1. The largest absolute Gasteiger partial charge is 0.453 e. The van der Waals surface area contributed by atoms with E-state index in [-0.39, 0.29) is 12.0 Å². The van der Waals surface area contributed by atoms with Crippen LogP contribution in [0.1, 0.15) is 13.8 Å². The van der Waals surface area contributed by atoms with E-state index in [0.717, 1.165) is 0 Å². The van der Waals surface area contributed by atoms with Crippen molar-refractivity contribution in [3.8, 4) is 0 Å². The van der Waals surface area contributed by atoms with Crippen molar-refractivity contribution in [1.82, 2.24) is 15.1 Å². The van der Waals surface area contributed by atoms with Gasteiger partial charge in [-0.15, -0.1) is 0 Å². The van der Waals surface area contributed by atoms with Crippen molar-refractivity contribution >= 4 is 12.0 Å². The second-order valence-electron chi connectivity index (χ2n) is 4.93. The monoisotopic (exact) mass is 257 g/mol. The molecule has 104 valence electrons. The molecule has 0 aromatic carbocycles. The van der Waals surface area contributed by atoms with Crippen molar-refractivity contribution in [2.45, 2.75) is 13.8 Å². The Kier molecular flexibility index (Phi) is 5.91. The van der Waals surface area contributed by atoms with Crippen molar-refractivity contribution in [3.63, 3.8) is 0 Å². The summed E-state index contributed by atoms with van der Waals surface area (Å²) in [5, 5.41) is 2.89. The van der Waals surface area contributed by atoms with Crippen molar-refractivity contribution in [2.75, 3.05) is 46.4 Å². The summed E-state index contributed by atoms with van der Waals surface area (Å²) < 4.78 is 4.66. The molecule has 0 bridgehead atoms. The predicted octanol–water partition coefficient (Wildman–Crippen LogP) is 0.143. The van der Waals surface area contributed by atoms with E-state index in [4.69, 9.17) is 0 Å². The number of amides is 2. The zero-order valence-electron chi connectivity index (χ0n) is 11.4. The summed E-state index contributed by atoms with van der Waals surface area (Å²) in [6.45, 7) is 7.90. The number of ether oxygens (including phenoxy) is 1. The third-order valence-corrected chi connectivity index (χ3v) is 2.88. The summed E-state index contributed by atoms with van der Waals surface area (Å²) in [4.78, 5) is 26.6. The second kappa shape index (κ2) is 7.20. The maximum atomic E-state index is 11.6. The van der Waals surface area contributed by atoms with E-state index in [0.29, 0.717) is 45.2 Å². The summed E-state index contributed by atoms with van der Waals surface area (Å²) >= 11 is 0. The number of methoxy groups -OCH3 is 1. The first-order valence-electron chi connectivity index (χ1n) is 6.35. The summed E-state index contributed by atoms with van der Waals surface area (Å²) in [6.07, 6.45) is -0.293. The highest BCUT2D eigenvalue weighted by molar-refractivity contribution is 5.78. The molecule has 1 saturated heterocycles. The highest BCUT2D eigenvalue weighted by atomic mass is 16.5. The van der Waals surface area contributed by atoms with Crippen LogP contribution in [-0.2, 0) is 9.53 Å². The molecule has 0 unspecified atom stereocenters. The topological polar surface area (TPSA) is 61.9 Å². The molecule has 6 nitrogen and oxygen atoms in total. The van der Waals surface area contributed by atoms with Crippen molar-refractivity contribution in [2.24, 2.45) is 5.92 Å². The maximum Gasteiger partial charge on any atom is 0.409 e. The number of rotatable bonds is 4. The first-order valence-corrected chi connectivity index (χ1v) is 6.35. The number of hydrogen-bond donors (Lipinski definition) is 1. The van der Waals surface area contributed by atoms with Gasteiger partial charge in [-0.05, 0) is 5.92 Å². The highest BCUT2D eigenvalue weighted by Gasteiger charge is 2.22. The quantitative estimate of drug-likeness (QED) is 0.778. The number of hydrogen-bond acceptors (Lipinski definition) is 4. The summed E-state index contributed by atoms with van der Waals surface area (Å²) in [5.41, 5.74) is 0. The average Bonchev–Trinajstić information content (AvgIpc) is 2.36. The van der Waals surface area contributed by atoms with Gasteiger partial charge in [-0.3, -0.25) is 9.69 Å². The molecule has 1 rings (SSSR count). The third-order valence-electron chi connectivity index (χ3n) is 2.88. The minimum atomic E-state index is -0.293. The first-order chi connectivity index (χ1) is 8.52. The van der Waals surface area contributed by atoms with Crippen LogP contribution < -0.4 is 5.32 Å². The van der Waals surface area contributed by atoms with E-state index in [2.05, 4.69) is 28.8 Å². The molecule has 0 spiro atoms. The van der Waals surface area contributed by atoms with Gasteiger partial charge in [0.15, 0.2) is 0 Å². The minimum Gasteiger partial charge on any atom is -0.453 e. The fourth-order valence-electron chi connectivity index (χ4n) is 1.79. The lowest BCUT2D eigenvalue weighted by Gasteiger charge is -2.33. The standard InChI is InChI=1S/C12H23N3O3/c1-10(2)8-13-11(16)9-14-4-6-15(7-5-14)12(17)18-3/h10H,4-9H2,1-3H3,(H,13,16). The van der Waals surface area contributed by atoms with Gasteiger partial charge in [0.05, 0.1) is 13.7 Å². The van der Waals surface area contributed by atoms with E-state index >= 15 is 0 Å². The Balaban J connectivity index is 2.23. The van der Waals surface area contributed by atoms with Crippen LogP contribution in [-0.4, -0.2) is 68.2 Å². The molecule has 1 N–H and O–H groups in total.